The van der Waals surface area contributed by atoms with Gasteiger partial charge in [0.25, 0.3) is 5.91 Å². The summed E-state index contributed by atoms with van der Waals surface area (Å²) in [6.07, 6.45) is 2.23. The van der Waals surface area contributed by atoms with Gasteiger partial charge in [0.2, 0.25) is 5.56 Å². The third kappa shape index (κ3) is 9.39. The summed E-state index contributed by atoms with van der Waals surface area (Å²) in [6.45, 7) is 4.48. The maximum absolute atomic E-state index is 13.2. The number of hydrogen-bond acceptors (Lipinski definition) is 10. The number of rotatable bonds is 16. The number of phenolic OH excluding ortho intramolecular Hbond substituents is 1. The molecule has 0 saturated carbocycles. The fourth-order valence-electron chi connectivity index (χ4n) is 7.60. The topological polar surface area (TPSA) is 183 Å². The number of H-pyrrole nitrogens is 1. The molecule has 3 saturated heterocycles. The van der Waals surface area contributed by atoms with Crippen LogP contribution in [0.25, 0.3) is 10.9 Å². The number of carbonyl (C=O) groups is 2. The summed E-state index contributed by atoms with van der Waals surface area (Å²) in [5.74, 6) is 0.686. The normalized spacial score (nSPS) is 18.6. The number of aliphatic hydroxyl groups is 1. The molecule has 2 amide bonds. The van der Waals surface area contributed by atoms with E-state index in [1.807, 2.05) is 54.6 Å². The molecule has 294 valence electrons. The Morgan fingerprint density at radius 2 is 1.75 bits per heavy atom. The van der Waals surface area contributed by atoms with Crippen molar-refractivity contribution in [1.29, 1.82) is 0 Å². The lowest BCUT2D eigenvalue weighted by atomic mass is 9.86. The first-order chi connectivity index (χ1) is 27.2. The fraction of sp³-hybridized carbons (Fsp3) is 0.381. The number of carbonyl (C=O) groups excluding carboxylic acids is 2. The average Bonchev–Trinajstić information content (AvgIpc) is 3.60. The molecule has 3 aliphatic heterocycles. The van der Waals surface area contributed by atoms with E-state index in [-0.39, 0.29) is 36.5 Å². The zero-order valence-electron chi connectivity index (χ0n) is 31.4. The van der Waals surface area contributed by atoms with E-state index in [2.05, 4.69) is 30.9 Å². The zero-order chi connectivity index (χ0) is 39.0. The predicted molar refractivity (Wildman–Crippen MR) is 210 cm³/mol. The van der Waals surface area contributed by atoms with Gasteiger partial charge in [0.05, 0.1) is 23.4 Å². The molecule has 3 aromatic carbocycles. The fourth-order valence-corrected chi connectivity index (χ4v) is 7.60. The molecule has 0 aliphatic carbocycles. The van der Waals surface area contributed by atoms with Crippen molar-refractivity contribution in [2.45, 2.75) is 50.5 Å². The maximum Gasteiger partial charge on any atom is 0.408 e. The van der Waals surface area contributed by atoms with Crippen LogP contribution in [0.2, 0.25) is 0 Å². The van der Waals surface area contributed by atoms with Crippen molar-refractivity contribution in [2.24, 2.45) is 13.0 Å². The number of aromatic amines is 1. The number of benzene rings is 3. The molecule has 6 N–H and O–H groups in total. The van der Waals surface area contributed by atoms with Crippen LogP contribution in [-0.4, -0.2) is 87.3 Å². The van der Waals surface area contributed by atoms with Gasteiger partial charge < -0.3 is 40.6 Å². The highest BCUT2D eigenvalue weighted by Crippen LogP contribution is 2.31. The first-order valence-corrected chi connectivity index (χ1v) is 19.2. The largest absolute Gasteiger partial charge is 0.506 e. The lowest BCUT2D eigenvalue weighted by Gasteiger charge is -2.43. The molecule has 0 spiro atoms. The Balaban J connectivity index is 0.867. The Morgan fingerprint density at radius 1 is 0.964 bits per heavy atom. The Kier molecular flexibility index (Phi) is 12.3. The van der Waals surface area contributed by atoms with Crippen molar-refractivity contribution in [2.75, 3.05) is 39.3 Å². The van der Waals surface area contributed by atoms with Gasteiger partial charge in [-0.2, -0.15) is 5.10 Å². The molecule has 3 aliphatic rings. The molecule has 5 aromatic rings. The van der Waals surface area contributed by atoms with Crippen LogP contribution in [-0.2, 0) is 18.4 Å². The van der Waals surface area contributed by atoms with Crippen molar-refractivity contribution in [1.82, 2.24) is 35.6 Å². The van der Waals surface area contributed by atoms with Crippen molar-refractivity contribution in [3.05, 3.63) is 123 Å². The quantitative estimate of drug-likeness (QED) is 0.0794. The van der Waals surface area contributed by atoms with Gasteiger partial charge in [-0.25, -0.2) is 4.79 Å². The van der Waals surface area contributed by atoms with Gasteiger partial charge in [-0.3, -0.25) is 19.2 Å². The van der Waals surface area contributed by atoms with Crippen LogP contribution in [0.15, 0.2) is 89.7 Å². The number of alkyl carbamates (subject to hydrolysis) is 1. The van der Waals surface area contributed by atoms with Crippen molar-refractivity contribution >= 4 is 22.9 Å². The van der Waals surface area contributed by atoms with Crippen LogP contribution >= 0.6 is 0 Å². The van der Waals surface area contributed by atoms with Crippen LogP contribution in [0.4, 0.5) is 4.79 Å². The molecule has 56 heavy (non-hydrogen) atoms. The molecule has 2 aromatic heterocycles. The van der Waals surface area contributed by atoms with E-state index in [0.717, 1.165) is 55.7 Å². The number of phenols is 1. The summed E-state index contributed by atoms with van der Waals surface area (Å²) in [5, 5.41) is 35.1. The number of pyridine rings is 1. The van der Waals surface area contributed by atoms with Crippen molar-refractivity contribution in [3.8, 4) is 11.5 Å². The summed E-state index contributed by atoms with van der Waals surface area (Å²) < 4.78 is 13.8. The second kappa shape index (κ2) is 17.8. The van der Waals surface area contributed by atoms with E-state index in [1.165, 1.54) is 12.1 Å². The molecular formula is C42H49N7O7. The van der Waals surface area contributed by atoms with Crippen LogP contribution in [0, 0.1) is 5.92 Å². The number of nitrogens with one attached hydrogen (secondary N) is 4. The molecule has 0 radical (unpaired) electrons. The van der Waals surface area contributed by atoms with Crippen LogP contribution < -0.4 is 26.2 Å². The number of aryl methyl sites for hydroxylation is 1. The second-order valence-electron chi connectivity index (χ2n) is 14.5. The summed E-state index contributed by atoms with van der Waals surface area (Å²) in [4.78, 5) is 42.8. The summed E-state index contributed by atoms with van der Waals surface area (Å²) in [7, 11) is 1.77. The number of unbranched alkanes of at least 4 members (excludes halogenated alkanes) is 1. The highest BCUT2D eigenvalue weighted by molar-refractivity contribution is 5.92. The standard InChI is InChI=1S/C42H49N7O7/c1-48-30(23-34(47-48)41(53)44-19-6-5-18-43-24-36(51)32-12-14-35(50)40-33(32)13-15-38(52)45-40)26-55-31-11-7-10-29(22-31)39(28-8-3-2-4-9-28)46-42(54)56-37-25-49-20-16-27(37)17-21-49/h2-4,7-15,22-23,27,36-37,39,43,50-51H,5-6,16-21,24-26H2,1H3,(H,44,53)(H,45,52)(H,46,54)/t36?,37?,39-/m0/s1. The van der Waals surface area contributed by atoms with E-state index < -0.39 is 18.2 Å². The molecule has 14 nitrogen and oxygen atoms in total. The number of amides is 2. The third-order valence-corrected chi connectivity index (χ3v) is 10.7. The minimum absolute atomic E-state index is 0.0534. The van der Waals surface area contributed by atoms with Crippen molar-refractivity contribution in [3.63, 3.8) is 0 Å². The van der Waals surface area contributed by atoms with E-state index >= 15 is 0 Å². The zero-order valence-corrected chi connectivity index (χ0v) is 31.4. The van der Waals surface area contributed by atoms with E-state index in [0.29, 0.717) is 53.3 Å². The van der Waals surface area contributed by atoms with E-state index in [4.69, 9.17) is 9.47 Å². The average molecular weight is 764 g/mol. The number of ether oxygens (including phenoxy) is 2. The van der Waals surface area contributed by atoms with Crippen LogP contribution in [0.1, 0.15) is 70.7 Å². The molecule has 14 heteroatoms. The summed E-state index contributed by atoms with van der Waals surface area (Å²) in [6, 6.07) is 24.7. The molecule has 2 unspecified atom stereocenters. The van der Waals surface area contributed by atoms with E-state index in [9.17, 15) is 24.6 Å². The van der Waals surface area contributed by atoms with Gasteiger partial charge in [-0.1, -0.05) is 48.5 Å². The SMILES string of the molecule is Cn1nc(C(=O)NCCCCNCC(O)c2ccc(O)c3[nH]c(=O)ccc23)cc1COc1cccc([C@@H](NC(=O)OC2CN3CCC2CC3)c2ccccc2)c1. The molecular weight excluding hydrogens is 715 g/mol. The van der Waals surface area contributed by atoms with Gasteiger partial charge in [-0.05, 0) is 98.3 Å². The molecule has 3 atom stereocenters. The molecule has 8 rings (SSSR count). The molecule has 5 heterocycles. The number of fused-ring (bicyclic) bond motifs is 4. The Labute approximate surface area is 324 Å². The number of nitrogens with zero attached hydrogens (tertiary/aromatic N) is 3. The molecule has 2 bridgehead atoms. The number of aliphatic hydroxyl groups excluding tert-OH is 1. The van der Waals surface area contributed by atoms with Crippen molar-refractivity contribution < 1.29 is 29.3 Å². The van der Waals surface area contributed by atoms with Gasteiger partial charge in [-0.15, -0.1) is 0 Å². The smallest absolute Gasteiger partial charge is 0.408 e. The van der Waals surface area contributed by atoms with Gasteiger partial charge >= 0.3 is 6.09 Å². The highest BCUT2D eigenvalue weighted by Gasteiger charge is 2.37. The Bertz CT molecular complexity index is 2180. The maximum atomic E-state index is 13.2. The number of hydrogen-bond donors (Lipinski definition) is 6. The summed E-state index contributed by atoms with van der Waals surface area (Å²) >= 11 is 0. The van der Waals surface area contributed by atoms with Crippen LogP contribution in [0.5, 0.6) is 11.5 Å². The monoisotopic (exact) mass is 763 g/mol. The Morgan fingerprint density at radius 3 is 2.54 bits per heavy atom. The lowest BCUT2D eigenvalue weighted by Crippen LogP contribution is -2.52. The number of piperidine rings is 3. The first-order valence-electron chi connectivity index (χ1n) is 19.2. The first kappa shape index (κ1) is 38.6. The van der Waals surface area contributed by atoms with Gasteiger partial charge in [0.15, 0.2) is 5.69 Å². The highest BCUT2D eigenvalue weighted by atomic mass is 16.6. The minimum atomic E-state index is -0.839. The van der Waals surface area contributed by atoms with Gasteiger partial charge in [0.1, 0.15) is 24.2 Å². The molecule has 3 fully saturated rings. The summed E-state index contributed by atoms with van der Waals surface area (Å²) in [5.41, 5.74) is 3.35. The minimum Gasteiger partial charge on any atom is -0.506 e. The third-order valence-electron chi connectivity index (χ3n) is 10.7. The number of aromatic nitrogens is 3. The number of aromatic hydroxyl groups is 1. The predicted octanol–water partition coefficient (Wildman–Crippen LogP) is 4.29. The van der Waals surface area contributed by atoms with Gasteiger partial charge in [0, 0.05) is 38.1 Å². The van der Waals surface area contributed by atoms with E-state index in [1.54, 1.807) is 29.9 Å². The van der Waals surface area contributed by atoms with Crippen LogP contribution in [0.3, 0.4) is 0 Å². The lowest BCUT2D eigenvalue weighted by molar-refractivity contribution is -0.0336. The Hall–Kier alpha value is -5.70. The second-order valence-corrected chi connectivity index (χ2v) is 14.5.